The van der Waals surface area contributed by atoms with Crippen LogP contribution in [0.4, 0.5) is 0 Å². The molecule has 21 heavy (non-hydrogen) atoms. The van der Waals surface area contributed by atoms with Gasteiger partial charge >= 0.3 is 0 Å². The molecule has 0 spiro atoms. The van der Waals surface area contributed by atoms with Crippen LogP contribution in [0.15, 0.2) is 17.4 Å². The molecule has 0 bridgehead atoms. The maximum atomic E-state index is 4.44. The first kappa shape index (κ1) is 15.9. The summed E-state index contributed by atoms with van der Waals surface area (Å²) < 4.78 is 1.86. The van der Waals surface area contributed by atoms with Crippen molar-refractivity contribution in [3.05, 3.63) is 18.0 Å². The number of hydrogen-bond donors (Lipinski definition) is 1. The van der Waals surface area contributed by atoms with Crippen molar-refractivity contribution >= 4 is 5.96 Å². The highest BCUT2D eigenvalue weighted by molar-refractivity contribution is 5.80. The molecule has 2 heterocycles. The minimum Gasteiger partial charge on any atom is -0.356 e. The number of nitrogens with one attached hydrogen (secondary N) is 1. The van der Waals surface area contributed by atoms with Crippen LogP contribution in [0.25, 0.3) is 0 Å². The first-order chi connectivity index (χ1) is 10.1. The van der Waals surface area contributed by atoms with Crippen LogP contribution in [-0.2, 0) is 13.5 Å². The number of piperidine rings is 1. The molecule has 0 amide bonds. The standard InChI is InChI=1S/C16H29N5/c1-13-8-14(2)11-21(10-13)16(17-3)18-7-5-6-15-9-19-20(4)12-15/h9,12-14H,5-8,10-11H2,1-4H3,(H,17,18). The third-order valence-electron chi connectivity index (χ3n) is 4.06. The number of nitrogens with zero attached hydrogens (tertiary/aromatic N) is 4. The van der Waals surface area contributed by atoms with Gasteiger partial charge in [0.25, 0.3) is 0 Å². The minimum absolute atomic E-state index is 0.752. The van der Waals surface area contributed by atoms with E-state index in [1.54, 1.807) is 0 Å². The molecule has 2 unspecified atom stereocenters. The molecule has 2 atom stereocenters. The summed E-state index contributed by atoms with van der Waals surface area (Å²) >= 11 is 0. The second-order valence-electron chi connectivity index (χ2n) is 6.45. The molecule has 5 heteroatoms. The van der Waals surface area contributed by atoms with Crippen LogP contribution in [0, 0.1) is 11.8 Å². The molecule has 0 aliphatic carbocycles. The largest absolute Gasteiger partial charge is 0.356 e. The van der Waals surface area contributed by atoms with Crippen molar-refractivity contribution in [1.82, 2.24) is 20.0 Å². The van der Waals surface area contributed by atoms with E-state index in [4.69, 9.17) is 0 Å². The third-order valence-corrected chi connectivity index (χ3v) is 4.06. The first-order valence-electron chi connectivity index (χ1n) is 8.01. The molecule has 1 N–H and O–H groups in total. The van der Waals surface area contributed by atoms with E-state index in [2.05, 4.69) is 40.4 Å². The fraction of sp³-hybridized carbons (Fsp3) is 0.750. The Kier molecular flexibility index (Phi) is 5.65. The van der Waals surface area contributed by atoms with Crippen molar-refractivity contribution in [3.63, 3.8) is 0 Å². The van der Waals surface area contributed by atoms with E-state index in [9.17, 15) is 0 Å². The minimum atomic E-state index is 0.752. The summed E-state index contributed by atoms with van der Waals surface area (Å²) in [4.78, 5) is 6.85. The zero-order valence-corrected chi connectivity index (χ0v) is 13.8. The van der Waals surface area contributed by atoms with E-state index < -0.39 is 0 Å². The number of aryl methyl sites for hydroxylation is 2. The molecule has 5 nitrogen and oxygen atoms in total. The summed E-state index contributed by atoms with van der Waals surface area (Å²) in [7, 11) is 3.84. The van der Waals surface area contributed by atoms with E-state index >= 15 is 0 Å². The average molecular weight is 291 g/mol. The molecular formula is C16H29N5. The predicted molar refractivity (Wildman–Crippen MR) is 87.4 cm³/mol. The summed E-state index contributed by atoms with van der Waals surface area (Å²) in [6.45, 7) is 7.86. The normalized spacial score (nSPS) is 23.4. The Morgan fingerprint density at radius 2 is 2.10 bits per heavy atom. The van der Waals surface area contributed by atoms with Gasteiger partial charge < -0.3 is 10.2 Å². The topological polar surface area (TPSA) is 45.5 Å². The number of likely N-dealkylation sites (tertiary alicyclic amines) is 1. The van der Waals surface area contributed by atoms with Gasteiger partial charge in [0.1, 0.15) is 0 Å². The Balaban J connectivity index is 1.75. The summed E-state index contributed by atoms with van der Waals surface area (Å²) in [6, 6.07) is 0. The second kappa shape index (κ2) is 7.48. The van der Waals surface area contributed by atoms with Gasteiger partial charge in [0, 0.05) is 39.9 Å². The summed E-state index contributed by atoms with van der Waals surface area (Å²) in [5, 5.41) is 7.71. The molecule has 118 valence electrons. The van der Waals surface area contributed by atoms with Gasteiger partial charge in [-0.1, -0.05) is 13.8 Å². The molecule has 0 saturated carbocycles. The Morgan fingerprint density at radius 3 is 2.67 bits per heavy atom. The smallest absolute Gasteiger partial charge is 0.193 e. The van der Waals surface area contributed by atoms with Gasteiger partial charge in [0.05, 0.1) is 6.20 Å². The van der Waals surface area contributed by atoms with Gasteiger partial charge in [-0.2, -0.15) is 5.10 Å². The van der Waals surface area contributed by atoms with E-state index in [1.165, 1.54) is 12.0 Å². The number of hydrogen-bond acceptors (Lipinski definition) is 2. The molecule has 1 aliphatic rings. The van der Waals surface area contributed by atoms with E-state index in [-0.39, 0.29) is 0 Å². The quantitative estimate of drug-likeness (QED) is 0.523. The molecule has 1 aliphatic heterocycles. The van der Waals surface area contributed by atoms with Crippen LogP contribution in [0.3, 0.4) is 0 Å². The average Bonchev–Trinajstić information content (AvgIpc) is 2.83. The van der Waals surface area contributed by atoms with Crippen molar-refractivity contribution in [3.8, 4) is 0 Å². The van der Waals surface area contributed by atoms with Crippen molar-refractivity contribution in [2.45, 2.75) is 33.1 Å². The molecule has 0 radical (unpaired) electrons. The molecular weight excluding hydrogens is 262 g/mol. The number of rotatable bonds is 4. The van der Waals surface area contributed by atoms with Crippen molar-refractivity contribution < 1.29 is 0 Å². The maximum Gasteiger partial charge on any atom is 0.193 e. The van der Waals surface area contributed by atoms with Crippen LogP contribution >= 0.6 is 0 Å². The summed E-state index contributed by atoms with van der Waals surface area (Å²) in [5.74, 6) is 2.56. The van der Waals surface area contributed by atoms with Crippen LogP contribution in [0.5, 0.6) is 0 Å². The monoisotopic (exact) mass is 291 g/mol. The van der Waals surface area contributed by atoms with Crippen LogP contribution < -0.4 is 5.32 Å². The lowest BCUT2D eigenvalue weighted by atomic mass is 9.92. The highest BCUT2D eigenvalue weighted by Crippen LogP contribution is 2.20. The van der Waals surface area contributed by atoms with Gasteiger partial charge in [-0.05, 0) is 36.7 Å². The lowest BCUT2D eigenvalue weighted by Gasteiger charge is -2.37. The zero-order valence-electron chi connectivity index (χ0n) is 13.8. The molecule has 1 saturated heterocycles. The van der Waals surface area contributed by atoms with Gasteiger partial charge in [0.15, 0.2) is 5.96 Å². The van der Waals surface area contributed by atoms with E-state index in [0.717, 1.165) is 50.3 Å². The van der Waals surface area contributed by atoms with Gasteiger partial charge in [-0.15, -0.1) is 0 Å². The SMILES string of the molecule is CN=C(NCCCc1cnn(C)c1)N1CC(C)CC(C)C1. The van der Waals surface area contributed by atoms with Crippen molar-refractivity contribution in [2.24, 2.45) is 23.9 Å². The molecule has 1 aromatic heterocycles. The molecule has 1 fully saturated rings. The second-order valence-corrected chi connectivity index (χ2v) is 6.45. The Morgan fingerprint density at radius 1 is 1.38 bits per heavy atom. The van der Waals surface area contributed by atoms with Gasteiger partial charge in [-0.3, -0.25) is 9.67 Å². The van der Waals surface area contributed by atoms with Gasteiger partial charge in [-0.25, -0.2) is 0 Å². The summed E-state index contributed by atoms with van der Waals surface area (Å²) in [5.41, 5.74) is 1.30. The fourth-order valence-corrected chi connectivity index (χ4v) is 3.26. The lowest BCUT2D eigenvalue weighted by Crippen LogP contribution is -2.48. The molecule has 0 aromatic carbocycles. The van der Waals surface area contributed by atoms with Crippen molar-refractivity contribution in [1.29, 1.82) is 0 Å². The van der Waals surface area contributed by atoms with Gasteiger partial charge in [0.2, 0.25) is 0 Å². The highest BCUT2D eigenvalue weighted by Gasteiger charge is 2.23. The third kappa shape index (κ3) is 4.76. The van der Waals surface area contributed by atoms with E-state index in [0.29, 0.717) is 0 Å². The van der Waals surface area contributed by atoms with Crippen LogP contribution in [-0.4, -0.2) is 47.3 Å². The lowest BCUT2D eigenvalue weighted by molar-refractivity contribution is 0.208. The summed E-state index contributed by atoms with van der Waals surface area (Å²) in [6.07, 6.45) is 7.52. The first-order valence-corrected chi connectivity index (χ1v) is 8.01. The number of aromatic nitrogens is 2. The van der Waals surface area contributed by atoms with E-state index in [1.807, 2.05) is 25.0 Å². The molecule has 2 rings (SSSR count). The number of aliphatic imine (C=N–C) groups is 1. The Labute approximate surface area is 128 Å². The van der Waals surface area contributed by atoms with Crippen LogP contribution in [0.1, 0.15) is 32.3 Å². The van der Waals surface area contributed by atoms with Crippen molar-refractivity contribution in [2.75, 3.05) is 26.7 Å². The number of guanidine groups is 1. The predicted octanol–water partition coefficient (Wildman–Crippen LogP) is 1.91. The fourth-order valence-electron chi connectivity index (χ4n) is 3.26. The Hall–Kier alpha value is -1.52. The highest BCUT2D eigenvalue weighted by atomic mass is 15.3. The molecule has 1 aromatic rings. The van der Waals surface area contributed by atoms with Crippen LogP contribution in [0.2, 0.25) is 0 Å². The zero-order chi connectivity index (χ0) is 15.2. The maximum absolute atomic E-state index is 4.44. The Bertz CT molecular complexity index is 455.